The monoisotopic (exact) mass is 278 g/mol. The van der Waals surface area contributed by atoms with Crippen LogP contribution < -0.4 is 5.32 Å². The van der Waals surface area contributed by atoms with Gasteiger partial charge in [0.25, 0.3) is 5.82 Å². The van der Waals surface area contributed by atoms with Gasteiger partial charge in [-0.2, -0.15) is 0 Å². The lowest BCUT2D eigenvalue weighted by molar-refractivity contribution is 0.0512. The van der Waals surface area contributed by atoms with Crippen molar-refractivity contribution in [3.05, 3.63) is 33.5 Å². The average Bonchev–Trinajstić information content (AvgIpc) is 3.07. The average molecular weight is 278 g/mol. The molecule has 1 aliphatic rings. The third-order valence-corrected chi connectivity index (χ3v) is 4.02. The van der Waals surface area contributed by atoms with E-state index in [2.05, 4.69) is 31.9 Å². The van der Waals surface area contributed by atoms with Gasteiger partial charge >= 0.3 is 5.97 Å². The zero-order valence-electron chi connectivity index (χ0n) is 10.5. The molecule has 0 saturated heterocycles. The van der Waals surface area contributed by atoms with Gasteiger partial charge in [-0.3, -0.25) is 5.10 Å². The van der Waals surface area contributed by atoms with E-state index in [9.17, 15) is 4.79 Å². The van der Waals surface area contributed by atoms with Crippen molar-refractivity contribution in [3.8, 4) is 0 Å². The van der Waals surface area contributed by atoms with Crippen LogP contribution in [0.3, 0.4) is 0 Å². The summed E-state index contributed by atoms with van der Waals surface area (Å²) in [6, 6.07) is 2.06. The van der Waals surface area contributed by atoms with Gasteiger partial charge in [-0.15, -0.1) is 16.4 Å². The van der Waals surface area contributed by atoms with E-state index in [0.29, 0.717) is 12.4 Å². The largest absolute Gasteiger partial charge is 0.460 e. The third-order valence-electron chi connectivity index (χ3n) is 3.03. The third kappa shape index (κ3) is 2.26. The summed E-state index contributed by atoms with van der Waals surface area (Å²) in [5.41, 5.74) is 1.21. The van der Waals surface area contributed by atoms with Crippen LogP contribution >= 0.6 is 11.3 Å². The molecular formula is C12H14N4O2S. The maximum absolute atomic E-state index is 11.6. The number of carbonyl (C=O) groups excluding carboxylic acids is 1. The summed E-state index contributed by atoms with van der Waals surface area (Å²) in [6.07, 6.45) is 1.03. The van der Waals surface area contributed by atoms with Gasteiger partial charge in [0.05, 0.1) is 12.6 Å². The molecule has 0 spiro atoms. The minimum atomic E-state index is -0.494. The highest BCUT2D eigenvalue weighted by molar-refractivity contribution is 7.10. The van der Waals surface area contributed by atoms with Crippen molar-refractivity contribution < 1.29 is 9.53 Å². The number of hydrogen-bond donors (Lipinski definition) is 2. The second kappa shape index (κ2) is 5.10. The Morgan fingerprint density at radius 1 is 1.63 bits per heavy atom. The molecule has 0 bridgehead atoms. The number of rotatable bonds is 3. The molecule has 2 aromatic rings. The summed E-state index contributed by atoms with van der Waals surface area (Å²) in [5.74, 6) is 0.245. The van der Waals surface area contributed by atoms with Crippen molar-refractivity contribution in [2.75, 3.05) is 13.2 Å². The van der Waals surface area contributed by atoms with E-state index in [0.717, 1.165) is 13.0 Å². The Labute approximate surface area is 114 Å². The van der Waals surface area contributed by atoms with Gasteiger partial charge in [0.1, 0.15) is 5.82 Å². The van der Waals surface area contributed by atoms with Crippen molar-refractivity contribution in [2.45, 2.75) is 19.4 Å². The highest BCUT2D eigenvalue weighted by Crippen LogP contribution is 2.30. The van der Waals surface area contributed by atoms with Gasteiger partial charge in [-0.25, -0.2) is 9.78 Å². The van der Waals surface area contributed by atoms with E-state index in [1.807, 2.05) is 0 Å². The number of esters is 1. The molecule has 3 rings (SSSR count). The minimum Gasteiger partial charge on any atom is -0.460 e. The van der Waals surface area contributed by atoms with Crippen LogP contribution in [0.25, 0.3) is 0 Å². The van der Waals surface area contributed by atoms with Crippen molar-refractivity contribution in [3.63, 3.8) is 0 Å². The highest BCUT2D eigenvalue weighted by Gasteiger charge is 2.26. The van der Waals surface area contributed by atoms with Crippen LogP contribution in [0, 0.1) is 0 Å². The summed E-state index contributed by atoms with van der Waals surface area (Å²) in [7, 11) is 0. The molecule has 19 heavy (non-hydrogen) atoms. The Morgan fingerprint density at radius 3 is 3.37 bits per heavy atom. The van der Waals surface area contributed by atoms with Gasteiger partial charge in [0, 0.05) is 11.4 Å². The molecule has 6 nitrogen and oxygen atoms in total. The van der Waals surface area contributed by atoms with Crippen molar-refractivity contribution >= 4 is 17.3 Å². The number of hydrogen-bond acceptors (Lipinski definition) is 6. The molecule has 100 valence electrons. The summed E-state index contributed by atoms with van der Waals surface area (Å²) in [6.45, 7) is 2.97. The Hall–Kier alpha value is -1.73. The van der Waals surface area contributed by atoms with E-state index >= 15 is 0 Å². The molecule has 1 atom stereocenters. The summed E-state index contributed by atoms with van der Waals surface area (Å²) >= 11 is 1.75. The zero-order valence-corrected chi connectivity index (χ0v) is 11.3. The number of thiophene rings is 1. The van der Waals surface area contributed by atoms with Crippen LogP contribution in [0.2, 0.25) is 0 Å². The molecule has 0 amide bonds. The standard InChI is InChI=1S/C12H14N4O2S/c1-2-18-12(17)11-14-10(15-16-11)9-7-4-6-19-8(7)3-5-13-9/h4,6,9,13H,2-3,5H2,1H3,(H,14,15,16). The predicted molar refractivity (Wildman–Crippen MR) is 70.2 cm³/mol. The minimum absolute atomic E-state index is 0.0225. The van der Waals surface area contributed by atoms with E-state index in [1.165, 1.54) is 10.4 Å². The smallest absolute Gasteiger partial charge is 0.378 e. The number of aromatic nitrogens is 3. The molecule has 0 aromatic carbocycles. The Kier molecular flexibility index (Phi) is 3.31. The lowest BCUT2D eigenvalue weighted by atomic mass is 10.0. The van der Waals surface area contributed by atoms with Crippen LogP contribution in [0.1, 0.15) is 39.8 Å². The number of fused-ring (bicyclic) bond motifs is 1. The fourth-order valence-electron chi connectivity index (χ4n) is 2.19. The number of nitrogens with zero attached hydrogens (tertiary/aromatic N) is 2. The number of nitrogens with one attached hydrogen (secondary N) is 2. The normalized spacial score (nSPS) is 18.1. The van der Waals surface area contributed by atoms with Crippen LogP contribution in [0.5, 0.6) is 0 Å². The maximum atomic E-state index is 11.6. The SMILES string of the molecule is CCOC(=O)c1n[nH]c(C2NCCc3sccc32)n1. The second-order valence-corrected chi connectivity index (χ2v) is 5.20. The molecular weight excluding hydrogens is 264 g/mol. The number of carbonyl (C=O) groups is 1. The fourth-order valence-corrected chi connectivity index (χ4v) is 3.11. The van der Waals surface area contributed by atoms with Gasteiger partial charge in [-0.1, -0.05) is 0 Å². The molecule has 0 saturated carbocycles. The molecule has 2 N–H and O–H groups in total. The first-order valence-electron chi connectivity index (χ1n) is 6.18. The lowest BCUT2D eigenvalue weighted by Gasteiger charge is -2.21. The summed E-state index contributed by atoms with van der Waals surface area (Å²) < 4.78 is 4.88. The maximum Gasteiger partial charge on any atom is 0.378 e. The van der Waals surface area contributed by atoms with E-state index in [-0.39, 0.29) is 11.9 Å². The molecule has 2 aromatic heterocycles. The number of ether oxygens (including phenoxy) is 1. The van der Waals surface area contributed by atoms with E-state index < -0.39 is 5.97 Å². The Bertz CT molecular complexity index is 592. The van der Waals surface area contributed by atoms with Crippen LogP contribution in [-0.2, 0) is 11.2 Å². The Balaban J connectivity index is 1.87. The topological polar surface area (TPSA) is 79.9 Å². The molecule has 3 heterocycles. The molecule has 0 aliphatic carbocycles. The zero-order chi connectivity index (χ0) is 13.2. The molecule has 0 radical (unpaired) electrons. The fraction of sp³-hybridized carbons (Fsp3) is 0.417. The van der Waals surface area contributed by atoms with Gasteiger partial charge < -0.3 is 10.1 Å². The van der Waals surface area contributed by atoms with Gasteiger partial charge in [0.2, 0.25) is 0 Å². The van der Waals surface area contributed by atoms with Crippen molar-refractivity contribution in [2.24, 2.45) is 0 Å². The molecule has 1 unspecified atom stereocenters. The van der Waals surface area contributed by atoms with Crippen LogP contribution in [0.15, 0.2) is 11.4 Å². The number of aromatic amines is 1. The van der Waals surface area contributed by atoms with Crippen molar-refractivity contribution in [1.29, 1.82) is 0 Å². The quantitative estimate of drug-likeness (QED) is 0.827. The summed E-state index contributed by atoms with van der Waals surface area (Å²) in [5, 5.41) is 12.2. The Morgan fingerprint density at radius 2 is 2.53 bits per heavy atom. The first kappa shape index (κ1) is 12.3. The van der Waals surface area contributed by atoms with Gasteiger partial charge in [0.15, 0.2) is 0 Å². The molecule has 7 heteroatoms. The first-order valence-corrected chi connectivity index (χ1v) is 7.06. The summed E-state index contributed by atoms with van der Waals surface area (Å²) in [4.78, 5) is 17.1. The predicted octanol–water partition coefficient (Wildman–Crippen LogP) is 1.28. The first-order chi connectivity index (χ1) is 9.29. The molecule has 0 fully saturated rings. The van der Waals surface area contributed by atoms with Gasteiger partial charge in [-0.05, 0) is 30.4 Å². The number of H-pyrrole nitrogens is 1. The highest BCUT2D eigenvalue weighted by atomic mass is 32.1. The second-order valence-electron chi connectivity index (χ2n) is 4.20. The van der Waals surface area contributed by atoms with Crippen LogP contribution in [-0.4, -0.2) is 34.3 Å². The molecule has 1 aliphatic heterocycles. The van der Waals surface area contributed by atoms with E-state index in [4.69, 9.17) is 4.74 Å². The van der Waals surface area contributed by atoms with Crippen LogP contribution in [0.4, 0.5) is 0 Å². The lowest BCUT2D eigenvalue weighted by Crippen LogP contribution is -2.30. The van der Waals surface area contributed by atoms with E-state index in [1.54, 1.807) is 18.3 Å². The van der Waals surface area contributed by atoms with Crippen molar-refractivity contribution in [1.82, 2.24) is 20.5 Å².